The SMILES string of the molecule is CCOC(=O)CNC(=S)N(Cc1cccc(Cl)c1Cl)C[C@@H](NC(=O)Cc1cncn1Cc1ccc(C#N)cc1)[C@@H](C)CC. The minimum absolute atomic E-state index is 0.0873. The van der Waals surface area contributed by atoms with Crippen molar-refractivity contribution < 1.29 is 14.3 Å². The summed E-state index contributed by atoms with van der Waals surface area (Å²) in [5, 5.41) is 16.4. The highest BCUT2D eigenvalue weighted by Gasteiger charge is 2.25. The number of carbonyl (C=O) groups is 2. The first kappa shape index (κ1) is 33.8. The molecule has 9 nitrogen and oxygen atoms in total. The summed E-state index contributed by atoms with van der Waals surface area (Å²) in [6.07, 6.45) is 4.33. The van der Waals surface area contributed by atoms with Crippen molar-refractivity contribution >= 4 is 52.4 Å². The number of halogens is 2. The summed E-state index contributed by atoms with van der Waals surface area (Å²) in [4.78, 5) is 31.5. The molecule has 228 valence electrons. The molecule has 3 rings (SSSR count). The van der Waals surface area contributed by atoms with Gasteiger partial charge in [0.25, 0.3) is 0 Å². The van der Waals surface area contributed by atoms with Gasteiger partial charge in [-0.1, -0.05) is 67.7 Å². The highest BCUT2D eigenvalue weighted by atomic mass is 35.5. The molecule has 3 aromatic rings. The fourth-order valence-corrected chi connectivity index (χ4v) is 4.99. The molecule has 12 heteroatoms. The zero-order valence-corrected chi connectivity index (χ0v) is 26.8. The number of esters is 1. The molecule has 43 heavy (non-hydrogen) atoms. The highest BCUT2D eigenvalue weighted by Crippen LogP contribution is 2.27. The first-order valence-corrected chi connectivity index (χ1v) is 15.2. The third-order valence-electron chi connectivity index (χ3n) is 7.04. The van der Waals surface area contributed by atoms with Crippen LogP contribution < -0.4 is 10.6 Å². The Morgan fingerprint density at radius 1 is 1.19 bits per heavy atom. The lowest BCUT2D eigenvalue weighted by Gasteiger charge is -2.33. The zero-order chi connectivity index (χ0) is 31.4. The lowest BCUT2D eigenvalue weighted by atomic mass is 9.98. The maximum Gasteiger partial charge on any atom is 0.325 e. The van der Waals surface area contributed by atoms with E-state index in [9.17, 15) is 9.59 Å². The van der Waals surface area contributed by atoms with Gasteiger partial charge in [0.2, 0.25) is 5.91 Å². The van der Waals surface area contributed by atoms with Gasteiger partial charge in [0.05, 0.1) is 41.0 Å². The van der Waals surface area contributed by atoms with Gasteiger partial charge in [0.1, 0.15) is 6.54 Å². The first-order chi connectivity index (χ1) is 20.6. The minimum atomic E-state index is -0.421. The molecule has 0 aliphatic carbocycles. The summed E-state index contributed by atoms with van der Waals surface area (Å²) < 4.78 is 6.94. The first-order valence-electron chi connectivity index (χ1n) is 14.0. The molecule has 1 aromatic heterocycles. The Morgan fingerprint density at radius 3 is 2.60 bits per heavy atom. The number of nitrogens with zero attached hydrogens (tertiary/aromatic N) is 4. The van der Waals surface area contributed by atoms with Crippen LogP contribution in [0.2, 0.25) is 10.0 Å². The van der Waals surface area contributed by atoms with Gasteiger partial charge in [-0.2, -0.15) is 5.26 Å². The van der Waals surface area contributed by atoms with Crippen LogP contribution in [-0.2, 0) is 33.8 Å². The van der Waals surface area contributed by atoms with Crippen LogP contribution in [0.5, 0.6) is 0 Å². The van der Waals surface area contributed by atoms with Crippen LogP contribution in [-0.4, -0.2) is 57.2 Å². The highest BCUT2D eigenvalue weighted by molar-refractivity contribution is 7.80. The van der Waals surface area contributed by atoms with Gasteiger partial charge < -0.3 is 24.8 Å². The van der Waals surface area contributed by atoms with Crippen molar-refractivity contribution in [1.82, 2.24) is 25.1 Å². The Balaban J connectivity index is 1.75. The lowest BCUT2D eigenvalue weighted by molar-refractivity contribution is -0.141. The van der Waals surface area contributed by atoms with Gasteiger partial charge in [-0.05, 0) is 54.4 Å². The van der Waals surface area contributed by atoms with E-state index in [4.69, 9.17) is 45.4 Å². The molecule has 1 heterocycles. The van der Waals surface area contributed by atoms with E-state index >= 15 is 0 Å². The molecular formula is C31H36Cl2N6O3S. The van der Waals surface area contributed by atoms with Crippen molar-refractivity contribution in [2.24, 2.45) is 5.92 Å². The van der Waals surface area contributed by atoms with Gasteiger partial charge in [0, 0.05) is 37.6 Å². The zero-order valence-electron chi connectivity index (χ0n) is 24.5. The number of rotatable bonds is 14. The Hall–Kier alpha value is -3.65. The normalized spacial score (nSPS) is 12.1. The second-order valence-corrected chi connectivity index (χ2v) is 11.3. The molecule has 0 fully saturated rings. The van der Waals surface area contributed by atoms with E-state index in [1.54, 1.807) is 37.6 Å². The minimum Gasteiger partial charge on any atom is -0.465 e. The molecule has 0 radical (unpaired) electrons. The predicted octanol–water partition coefficient (Wildman–Crippen LogP) is 5.12. The maximum absolute atomic E-state index is 13.4. The molecule has 2 N–H and O–H groups in total. The number of benzene rings is 2. The number of nitriles is 1. The number of carbonyl (C=O) groups excluding carboxylic acids is 2. The van der Waals surface area contributed by atoms with Crippen molar-refractivity contribution in [3.05, 3.63) is 87.4 Å². The van der Waals surface area contributed by atoms with E-state index in [1.165, 1.54) is 0 Å². The summed E-state index contributed by atoms with van der Waals surface area (Å²) in [6, 6.07) is 14.5. The number of amides is 1. The summed E-state index contributed by atoms with van der Waals surface area (Å²) >= 11 is 18.5. The van der Waals surface area contributed by atoms with Gasteiger partial charge in [-0.25, -0.2) is 4.98 Å². The molecule has 0 unspecified atom stereocenters. The van der Waals surface area contributed by atoms with Gasteiger partial charge >= 0.3 is 5.97 Å². The monoisotopic (exact) mass is 642 g/mol. The average Bonchev–Trinajstić information content (AvgIpc) is 3.43. The molecule has 0 saturated heterocycles. The third-order valence-corrected chi connectivity index (χ3v) is 8.30. The van der Waals surface area contributed by atoms with E-state index in [0.717, 1.165) is 23.2 Å². The summed E-state index contributed by atoms with van der Waals surface area (Å²) in [5.41, 5.74) is 3.11. The third kappa shape index (κ3) is 10.2. The molecular weight excluding hydrogens is 607 g/mol. The Kier molecular flexibility index (Phi) is 13.3. The number of imidazole rings is 1. The van der Waals surface area contributed by atoms with Crippen LogP contribution in [0.4, 0.5) is 0 Å². The number of thiocarbonyl (C=S) groups is 1. The summed E-state index contributed by atoms with van der Waals surface area (Å²) in [6.45, 7) is 7.25. The van der Waals surface area contributed by atoms with E-state index in [0.29, 0.717) is 40.4 Å². The molecule has 0 bridgehead atoms. The van der Waals surface area contributed by atoms with Crippen molar-refractivity contribution in [1.29, 1.82) is 5.26 Å². The second kappa shape index (κ2) is 16.8. The van der Waals surface area contributed by atoms with Gasteiger partial charge in [-0.15, -0.1) is 0 Å². The molecule has 2 atom stereocenters. The van der Waals surface area contributed by atoms with Crippen LogP contribution >= 0.6 is 35.4 Å². The average molecular weight is 644 g/mol. The quantitative estimate of drug-likeness (QED) is 0.184. The Morgan fingerprint density at radius 2 is 1.93 bits per heavy atom. The maximum atomic E-state index is 13.4. The van der Waals surface area contributed by atoms with E-state index in [2.05, 4.69) is 35.5 Å². The molecule has 2 aromatic carbocycles. The van der Waals surface area contributed by atoms with Crippen LogP contribution in [0.3, 0.4) is 0 Å². The fraction of sp³-hybridized carbons (Fsp3) is 0.387. The molecule has 0 aliphatic heterocycles. The van der Waals surface area contributed by atoms with Crippen LogP contribution in [0.15, 0.2) is 55.0 Å². The number of nitrogens with one attached hydrogen (secondary N) is 2. The smallest absolute Gasteiger partial charge is 0.325 e. The van der Waals surface area contributed by atoms with E-state index in [-0.39, 0.29) is 37.4 Å². The molecule has 0 spiro atoms. The van der Waals surface area contributed by atoms with Crippen molar-refractivity contribution in [3.8, 4) is 6.07 Å². The van der Waals surface area contributed by atoms with Crippen molar-refractivity contribution in [2.75, 3.05) is 19.7 Å². The fourth-order valence-electron chi connectivity index (χ4n) is 4.40. The summed E-state index contributed by atoms with van der Waals surface area (Å²) in [5.74, 6) is -0.467. The molecule has 0 saturated carbocycles. The predicted molar refractivity (Wildman–Crippen MR) is 172 cm³/mol. The largest absolute Gasteiger partial charge is 0.465 e. The van der Waals surface area contributed by atoms with Gasteiger partial charge in [0.15, 0.2) is 5.11 Å². The number of aromatic nitrogens is 2. The Bertz CT molecular complexity index is 1440. The Labute approximate surface area is 268 Å². The second-order valence-electron chi connectivity index (χ2n) is 10.1. The van der Waals surface area contributed by atoms with Crippen LogP contribution in [0, 0.1) is 17.2 Å². The summed E-state index contributed by atoms with van der Waals surface area (Å²) in [7, 11) is 0. The molecule has 1 amide bonds. The lowest BCUT2D eigenvalue weighted by Crippen LogP contribution is -2.51. The van der Waals surface area contributed by atoms with Gasteiger partial charge in [-0.3, -0.25) is 9.59 Å². The molecule has 0 aliphatic rings. The van der Waals surface area contributed by atoms with E-state index < -0.39 is 5.97 Å². The van der Waals surface area contributed by atoms with Crippen molar-refractivity contribution in [2.45, 2.75) is 52.7 Å². The number of hydrogen-bond donors (Lipinski definition) is 2. The standard InChI is InChI=1S/C31H36Cl2N6O3S/c1-4-21(3)27(37-28(40)13-25-15-35-20-39(25)17-23-11-9-22(14-34)10-12-23)19-38(31(43)36-16-29(41)42-5-2)18-24-7-6-8-26(32)30(24)33/h6-12,15,20-21,27H,4-5,13,16-19H2,1-3H3,(H,36,43)(H,37,40)/t21-,27+/m0/s1. The van der Waals surface area contributed by atoms with Crippen LogP contribution in [0.25, 0.3) is 0 Å². The van der Waals surface area contributed by atoms with E-state index in [1.807, 2.05) is 33.7 Å². The van der Waals surface area contributed by atoms with Crippen molar-refractivity contribution in [3.63, 3.8) is 0 Å². The number of ether oxygens (including phenoxy) is 1. The number of hydrogen-bond acceptors (Lipinski definition) is 6. The van der Waals surface area contributed by atoms with Crippen LogP contribution in [0.1, 0.15) is 49.6 Å². The topological polar surface area (TPSA) is 112 Å².